The Morgan fingerprint density at radius 2 is 2.29 bits per heavy atom. The van der Waals surface area contributed by atoms with Crippen molar-refractivity contribution in [3.8, 4) is 0 Å². The number of ether oxygens (including phenoxy) is 1. The van der Waals surface area contributed by atoms with Crippen LogP contribution in [-0.2, 0) is 16.6 Å². The van der Waals surface area contributed by atoms with E-state index in [1.807, 2.05) is 0 Å². The summed E-state index contributed by atoms with van der Waals surface area (Å²) in [5, 5.41) is 0. The van der Waals surface area contributed by atoms with Crippen molar-refractivity contribution in [1.29, 1.82) is 0 Å². The largest absolute Gasteiger partial charge is 0.467 e. The van der Waals surface area contributed by atoms with E-state index >= 15 is 0 Å². The Labute approximate surface area is 99.2 Å². The van der Waals surface area contributed by atoms with Crippen LogP contribution in [0.5, 0.6) is 0 Å². The van der Waals surface area contributed by atoms with Gasteiger partial charge in [-0.3, -0.25) is 4.79 Å². The molecule has 6 nitrogen and oxygen atoms in total. The highest BCUT2D eigenvalue weighted by atomic mass is 16.5. The molecule has 1 aliphatic heterocycles. The van der Waals surface area contributed by atoms with Crippen molar-refractivity contribution in [2.24, 2.45) is 7.05 Å². The van der Waals surface area contributed by atoms with Gasteiger partial charge < -0.3 is 14.2 Å². The molecule has 1 aromatic rings. The Kier molecular flexibility index (Phi) is 3.12. The van der Waals surface area contributed by atoms with Crippen LogP contribution in [0.25, 0.3) is 0 Å². The number of rotatable bonds is 2. The van der Waals surface area contributed by atoms with Crippen LogP contribution < -0.4 is 0 Å². The molecule has 17 heavy (non-hydrogen) atoms. The van der Waals surface area contributed by atoms with E-state index < -0.39 is 6.04 Å². The van der Waals surface area contributed by atoms with Gasteiger partial charge in [-0.1, -0.05) is 0 Å². The molecule has 0 N–H and O–H groups in total. The molecule has 1 saturated heterocycles. The zero-order valence-corrected chi connectivity index (χ0v) is 9.92. The molecule has 1 fully saturated rings. The first-order valence-electron chi connectivity index (χ1n) is 5.50. The second-order valence-electron chi connectivity index (χ2n) is 4.07. The van der Waals surface area contributed by atoms with Crippen molar-refractivity contribution in [2.75, 3.05) is 13.7 Å². The maximum Gasteiger partial charge on any atom is 0.328 e. The molecular weight excluding hydrogens is 222 g/mol. The van der Waals surface area contributed by atoms with Crippen molar-refractivity contribution in [1.82, 2.24) is 14.5 Å². The fourth-order valence-electron chi connectivity index (χ4n) is 2.10. The predicted molar refractivity (Wildman–Crippen MR) is 59.3 cm³/mol. The Morgan fingerprint density at radius 3 is 2.88 bits per heavy atom. The second kappa shape index (κ2) is 4.57. The molecule has 0 spiro atoms. The first kappa shape index (κ1) is 11.6. The van der Waals surface area contributed by atoms with Crippen LogP contribution in [0.4, 0.5) is 0 Å². The summed E-state index contributed by atoms with van der Waals surface area (Å²) in [6.07, 6.45) is 4.56. The molecule has 0 radical (unpaired) electrons. The molecule has 1 aromatic heterocycles. The molecule has 0 bridgehead atoms. The van der Waals surface area contributed by atoms with Crippen molar-refractivity contribution in [3.05, 3.63) is 18.2 Å². The van der Waals surface area contributed by atoms with E-state index in [-0.39, 0.29) is 11.9 Å². The highest BCUT2D eigenvalue weighted by molar-refractivity contribution is 5.95. The lowest BCUT2D eigenvalue weighted by molar-refractivity contribution is -0.145. The third-order valence-corrected chi connectivity index (χ3v) is 3.02. The highest BCUT2D eigenvalue weighted by Gasteiger charge is 2.35. The summed E-state index contributed by atoms with van der Waals surface area (Å²) in [6.45, 7) is 0.587. The summed E-state index contributed by atoms with van der Waals surface area (Å²) in [4.78, 5) is 29.2. The number of aromatic nitrogens is 2. The average molecular weight is 237 g/mol. The topological polar surface area (TPSA) is 64.4 Å². The van der Waals surface area contributed by atoms with Gasteiger partial charge in [0.1, 0.15) is 11.7 Å². The van der Waals surface area contributed by atoms with E-state index in [9.17, 15) is 9.59 Å². The van der Waals surface area contributed by atoms with E-state index in [0.717, 1.165) is 6.42 Å². The molecule has 1 amide bonds. The average Bonchev–Trinajstić information content (AvgIpc) is 2.95. The minimum absolute atomic E-state index is 0.169. The summed E-state index contributed by atoms with van der Waals surface area (Å²) < 4.78 is 6.35. The SMILES string of the molecule is COC(=O)C1CCCN1C(=O)c1cncn1C. The molecule has 1 aliphatic rings. The summed E-state index contributed by atoms with van der Waals surface area (Å²) in [7, 11) is 3.09. The third-order valence-electron chi connectivity index (χ3n) is 3.02. The molecule has 0 saturated carbocycles. The van der Waals surface area contributed by atoms with E-state index in [1.54, 1.807) is 22.8 Å². The molecule has 1 unspecified atom stereocenters. The van der Waals surface area contributed by atoms with Crippen molar-refractivity contribution in [3.63, 3.8) is 0 Å². The van der Waals surface area contributed by atoms with Crippen LogP contribution in [-0.4, -0.2) is 46.0 Å². The Bertz CT molecular complexity index is 441. The van der Waals surface area contributed by atoms with Crippen LogP contribution in [0, 0.1) is 0 Å². The monoisotopic (exact) mass is 237 g/mol. The quantitative estimate of drug-likeness (QED) is 0.689. The Balaban J connectivity index is 2.19. The number of hydrogen-bond donors (Lipinski definition) is 0. The van der Waals surface area contributed by atoms with Crippen molar-refractivity contribution >= 4 is 11.9 Å². The van der Waals surface area contributed by atoms with Gasteiger partial charge in [0.25, 0.3) is 5.91 Å². The van der Waals surface area contributed by atoms with Gasteiger partial charge in [-0.25, -0.2) is 9.78 Å². The lowest BCUT2D eigenvalue weighted by Crippen LogP contribution is -2.41. The van der Waals surface area contributed by atoms with Gasteiger partial charge >= 0.3 is 5.97 Å². The first-order chi connectivity index (χ1) is 8.15. The van der Waals surface area contributed by atoms with Gasteiger partial charge in [-0.2, -0.15) is 0 Å². The molecular formula is C11H15N3O3. The summed E-state index contributed by atoms with van der Waals surface area (Å²) in [5.41, 5.74) is 0.487. The third kappa shape index (κ3) is 2.02. The molecule has 1 atom stereocenters. The van der Waals surface area contributed by atoms with Gasteiger partial charge in [0.15, 0.2) is 0 Å². The lowest BCUT2D eigenvalue weighted by atomic mass is 10.2. The van der Waals surface area contributed by atoms with Gasteiger partial charge in [0.05, 0.1) is 19.6 Å². The van der Waals surface area contributed by atoms with E-state index in [0.29, 0.717) is 18.7 Å². The van der Waals surface area contributed by atoms with E-state index in [1.165, 1.54) is 13.3 Å². The van der Waals surface area contributed by atoms with E-state index in [2.05, 4.69) is 4.98 Å². The Hall–Kier alpha value is -1.85. The number of aryl methyl sites for hydroxylation is 1. The maximum atomic E-state index is 12.2. The molecule has 0 aliphatic carbocycles. The number of likely N-dealkylation sites (tertiary alicyclic amines) is 1. The second-order valence-corrected chi connectivity index (χ2v) is 4.07. The first-order valence-corrected chi connectivity index (χ1v) is 5.50. The summed E-state index contributed by atoms with van der Waals surface area (Å²) >= 11 is 0. The van der Waals surface area contributed by atoms with E-state index in [4.69, 9.17) is 4.74 Å². The molecule has 2 heterocycles. The number of carbonyl (C=O) groups excluding carboxylic acids is 2. The standard InChI is InChI=1S/C11H15N3O3/c1-13-7-12-6-9(13)10(15)14-5-3-4-8(14)11(16)17-2/h6-8H,3-5H2,1-2H3. The lowest BCUT2D eigenvalue weighted by Gasteiger charge is -2.22. The zero-order chi connectivity index (χ0) is 12.4. The number of nitrogens with zero attached hydrogens (tertiary/aromatic N) is 3. The summed E-state index contributed by atoms with van der Waals surface area (Å²) in [6, 6.07) is -0.456. The fourth-order valence-corrected chi connectivity index (χ4v) is 2.10. The molecule has 92 valence electrons. The van der Waals surface area contributed by atoms with Crippen LogP contribution in [0.15, 0.2) is 12.5 Å². The number of amides is 1. The normalized spacial score (nSPS) is 19.4. The van der Waals surface area contributed by atoms with Crippen LogP contribution in [0.1, 0.15) is 23.3 Å². The maximum absolute atomic E-state index is 12.2. The highest BCUT2D eigenvalue weighted by Crippen LogP contribution is 2.20. The van der Waals surface area contributed by atoms with Crippen LogP contribution in [0.2, 0.25) is 0 Å². The van der Waals surface area contributed by atoms with Crippen molar-refractivity contribution < 1.29 is 14.3 Å². The number of imidazole rings is 1. The van der Waals surface area contributed by atoms with Gasteiger partial charge in [0, 0.05) is 13.6 Å². The zero-order valence-electron chi connectivity index (χ0n) is 9.92. The minimum Gasteiger partial charge on any atom is -0.467 e. The fraction of sp³-hybridized carbons (Fsp3) is 0.545. The van der Waals surface area contributed by atoms with Crippen LogP contribution >= 0.6 is 0 Å². The summed E-state index contributed by atoms with van der Waals surface area (Å²) in [5.74, 6) is -0.518. The number of esters is 1. The number of carbonyl (C=O) groups is 2. The Morgan fingerprint density at radius 1 is 1.53 bits per heavy atom. The minimum atomic E-state index is -0.456. The van der Waals surface area contributed by atoms with Gasteiger partial charge in [-0.05, 0) is 12.8 Å². The number of hydrogen-bond acceptors (Lipinski definition) is 4. The van der Waals surface area contributed by atoms with Crippen LogP contribution in [0.3, 0.4) is 0 Å². The molecule has 0 aromatic carbocycles. The molecule has 2 rings (SSSR count). The van der Waals surface area contributed by atoms with Gasteiger partial charge in [-0.15, -0.1) is 0 Å². The predicted octanol–water partition coefficient (Wildman–Crippen LogP) is 0.198. The van der Waals surface area contributed by atoms with Crippen molar-refractivity contribution in [2.45, 2.75) is 18.9 Å². The molecule has 6 heteroatoms. The smallest absolute Gasteiger partial charge is 0.328 e. The number of methoxy groups -OCH3 is 1. The van der Waals surface area contributed by atoms with Gasteiger partial charge in [0.2, 0.25) is 0 Å².